The Balaban J connectivity index is 0.000000175. The van der Waals surface area contributed by atoms with Gasteiger partial charge in [-0.25, -0.2) is 36.7 Å². The third-order valence-corrected chi connectivity index (χ3v) is 31.2. The molecule has 2 unspecified atom stereocenters. The Bertz CT molecular complexity index is 5850. The van der Waals surface area contributed by atoms with Crippen LogP contribution in [0.4, 0.5) is 42.4 Å². The van der Waals surface area contributed by atoms with E-state index in [0.29, 0.717) is 43.7 Å². The van der Waals surface area contributed by atoms with Gasteiger partial charge in [0.05, 0.1) is 25.3 Å². The van der Waals surface area contributed by atoms with Crippen LogP contribution in [-0.4, -0.2) is 274 Å². The Hall–Kier alpha value is -12.2. The van der Waals surface area contributed by atoms with Crippen LogP contribution < -0.4 is 4.90 Å². The van der Waals surface area contributed by atoms with Gasteiger partial charge in [0.1, 0.15) is 105 Å². The Morgan fingerprint density at radius 2 is 0.762 bits per heavy atom. The number of carbonyl (C=O) groups is 6. The van der Waals surface area contributed by atoms with E-state index in [1.165, 1.54) is 80.5 Å². The van der Waals surface area contributed by atoms with E-state index in [9.17, 15) is 77.0 Å². The zero-order valence-corrected chi connectivity index (χ0v) is 83.7. The number of carbonyl (C=O) groups excluding carboxylic acids is 6. The van der Waals surface area contributed by atoms with Gasteiger partial charge in [-0.3, -0.25) is 9.59 Å². The van der Waals surface area contributed by atoms with Crippen LogP contribution >= 0.6 is 0 Å². The number of hydrogen-bond donors (Lipinski definition) is 12. The van der Waals surface area contributed by atoms with Gasteiger partial charge in [-0.15, -0.1) is 0 Å². The molecule has 0 saturated carbocycles. The molecule has 7 fully saturated rings. The Labute approximate surface area is 856 Å². The molecule has 0 aliphatic carbocycles. The molecule has 11 aromatic rings. The number of likely N-dealkylation sites (tertiary alicyclic amines) is 4. The Kier molecular flexibility index (Phi) is 42.0. The lowest BCUT2D eigenvalue weighted by Gasteiger charge is -2.41. The molecule has 147 heavy (non-hydrogen) atoms. The minimum Gasteiger partial charge on any atom is -0.445 e. The number of aliphatic hydroxyl groups excluding tert-OH is 10. The number of aromatic nitrogens is 3. The maximum Gasteiger partial charge on any atom is 0.410 e. The van der Waals surface area contributed by atoms with Crippen LogP contribution in [0.3, 0.4) is 0 Å². The number of amides is 4. The fourth-order valence-corrected chi connectivity index (χ4v) is 21.5. The molecule has 8 aromatic carbocycles. The maximum absolute atomic E-state index is 14.2. The zero-order chi connectivity index (χ0) is 106. The molecule has 11 heterocycles. The Morgan fingerprint density at radius 3 is 1.15 bits per heavy atom. The monoisotopic (exact) mass is 2060 g/mol. The van der Waals surface area contributed by atoms with E-state index < -0.39 is 97.3 Å². The average molecular weight is 2060 g/mol. The number of ether oxygens (including phenoxy) is 8. The summed E-state index contributed by atoms with van der Waals surface area (Å²) in [5, 5.41) is 99.1. The number of nitrogens with zero attached hydrogens (tertiary/aromatic N) is 6. The fraction of sp³-hybridized carbons (Fsp3) is 0.455. The number of aromatic amines is 2. The van der Waals surface area contributed by atoms with Gasteiger partial charge >= 0.3 is 36.3 Å². The van der Waals surface area contributed by atoms with Crippen LogP contribution in [0.15, 0.2) is 213 Å². The summed E-state index contributed by atoms with van der Waals surface area (Å²) in [4.78, 5) is 85.5. The highest BCUT2D eigenvalue weighted by molar-refractivity contribution is 6.58. The smallest absolute Gasteiger partial charge is 0.410 e. The number of aliphatic hydroxyl groups is 10. The molecule has 4 amide bonds. The molecular formula is C110H140F4N8O24Si. The molecule has 0 spiro atoms. The van der Waals surface area contributed by atoms with Crippen molar-refractivity contribution in [2.75, 3.05) is 57.4 Å². The topological polar surface area (TPSA) is 431 Å². The number of nitrogens with one attached hydrogen (secondary N) is 2. The second-order valence-corrected chi connectivity index (χ2v) is 41.9. The van der Waals surface area contributed by atoms with Gasteiger partial charge in [-0.2, -0.15) is 0 Å². The molecule has 17 atom stereocenters. The van der Waals surface area contributed by atoms with Crippen molar-refractivity contribution >= 4 is 83.5 Å². The average Bonchev–Trinajstić information content (AvgIpc) is 1.62. The molecule has 8 aliphatic heterocycles. The summed E-state index contributed by atoms with van der Waals surface area (Å²) in [5.74, 6) is -2.51. The van der Waals surface area contributed by atoms with Crippen LogP contribution in [0.5, 0.6) is 0 Å². The van der Waals surface area contributed by atoms with E-state index in [-0.39, 0.29) is 129 Å². The van der Waals surface area contributed by atoms with Crippen LogP contribution in [0, 0.1) is 23.3 Å². The molecule has 3 aromatic heterocycles. The van der Waals surface area contributed by atoms with E-state index >= 15 is 0 Å². The minimum absolute atomic E-state index is 0. The summed E-state index contributed by atoms with van der Waals surface area (Å²) in [5.41, 5.74) is 10.5. The van der Waals surface area contributed by atoms with Crippen molar-refractivity contribution in [2.24, 2.45) is 0 Å². The van der Waals surface area contributed by atoms with Crippen molar-refractivity contribution in [3.8, 4) is 0 Å². The largest absolute Gasteiger partial charge is 0.445 e. The number of fused-ring (bicyclic) bond motifs is 4. The number of benzene rings is 8. The van der Waals surface area contributed by atoms with Crippen molar-refractivity contribution in [1.29, 1.82) is 0 Å². The standard InChI is InChI=1S/C26H31FN2O6.C26H29FN2O6.2C21H21FN2O2.C6H16Si.C5H10O5.C4H6O3.CH4.H2/c2*27-18-8-9-20-17(13-29(21(20)12-18)25-24(32)23(31)22(30)15-34-25)11-19-7-4-10-28(19)26(33)35-14-16-5-2-1-3-6-16;2*22-17-8-9-19-16(13-23-20(19)12-17)11-18-7-4-10-24(18)21(25)26-14-15-5-2-1-3-6-15;1-4-7(5-2)6-3;6-2-1-10-5(9)4(8)3(2)7;1-3(5)7-4(2)6;;/h1-3,5-6,8-9,12,17,19,22-25,30-32H,4,7,10-11,13-15H2;1-3,5-6,8-9,12-13,19,22-25,30-32H,4,7,10-11,14-15H2;2*1-3,5-6,8-9,12-13,18,23H,4,7,10-11,14H2;7H,4-6H2,1-3H3;2-9H,1H2;1-2H3;1H4;1H/t17?,19-,22+,23-,24+,25+;19-,22+,23-,24+,25?;2*18-;;2-,3+,4-,5+;;;/m0000.1.../s1/i;;;;;;;;1+1D. The highest BCUT2D eigenvalue weighted by atomic mass is 28.3. The van der Waals surface area contributed by atoms with Crippen molar-refractivity contribution in [3.05, 3.63) is 280 Å². The molecule has 32 nitrogen and oxygen atoms in total. The SMILES string of the molecule is C.CC(=O)OC(C)=O.CC[SiH](CC)CC.O=C(OCc1ccccc1)N1CCC[C@H]1CC1CN([C@@H]2OC[C@@H](O)[C@H](O)[C@H]2O)c2cc(F)ccc21.O=C(OCc1ccccc1)N1CCC[C@H]1Cc1c[nH]c2cc(F)ccc12.O=C(OCc1ccccc1)N1CCC[C@H]1Cc1c[nH]c2cc(F)ccc12.O=C(OCc1ccccc1)N1CCC[C@H]1Cc1cn(C2OC[C@@H](O)[C@H](O)[C@H]2O)c2cc(F)ccc12.O[C@@H]1[C@@H](O)[C@@H](O)OC[C@H]1O.[2H][2H]. The second-order valence-electron chi connectivity index (χ2n) is 37.7. The summed E-state index contributed by atoms with van der Waals surface area (Å²) in [6.07, 6.45) is -0.699. The van der Waals surface area contributed by atoms with E-state index in [2.05, 4.69) is 40.2 Å². The first kappa shape index (κ1) is 112. The third-order valence-electron chi connectivity index (χ3n) is 27.7. The zero-order valence-electron chi connectivity index (χ0n) is 84.6. The number of rotatable bonds is 21. The van der Waals surface area contributed by atoms with Crippen molar-refractivity contribution in [3.63, 3.8) is 0 Å². The van der Waals surface area contributed by atoms with Crippen LogP contribution in [-0.2, 0) is 93.2 Å². The molecule has 7 saturated heterocycles. The lowest BCUT2D eigenvalue weighted by molar-refractivity contribution is -0.252. The van der Waals surface area contributed by atoms with E-state index in [1.54, 1.807) is 49.7 Å². The molecule has 19 rings (SSSR count). The number of esters is 2. The summed E-state index contributed by atoms with van der Waals surface area (Å²) in [6, 6.07) is 61.5. The van der Waals surface area contributed by atoms with Gasteiger partial charge in [-0.1, -0.05) is 174 Å². The summed E-state index contributed by atoms with van der Waals surface area (Å²) in [6.45, 7) is 13.0. The molecular weight excluding hydrogens is 1920 g/mol. The normalized spacial score (nSPS) is 23.9. The lowest BCUT2D eigenvalue weighted by atomic mass is 9.93. The maximum atomic E-state index is 14.2. The summed E-state index contributed by atoms with van der Waals surface area (Å²) in [7, 11) is -0.171. The van der Waals surface area contributed by atoms with Crippen molar-refractivity contribution < 1.29 is 138 Å². The summed E-state index contributed by atoms with van der Waals surface area (Å²) < 4.78 is 108. The van der Waals surface area contributed by atoms with Gasteiger partial charge in [-0.05, 0) is 188 Å². The van der Waals surface area contributed by atoms with E-state index in [0.717, 1.165) is 149 Å². The number of halogens is 4. The van der Waals surface area contributed by atoms with Gasteiger partial charge in [0.15, 0.2) is 18.7 Å². The van der Waals surface area contributed by atoms with Crippen LogP contribution in [0.2, 0.25) is 18.1 Å². The highest BCUT2D eigenvalue weighted by Gasteiger charge is 2.47. The summed E-state index contributed by atoms with van der Waals surface area (Å²) >= 11 is 0. The molecule has 12 N–H and O–H groups in total. The molecule has 8 aliphatic rings. The van der Waals surface area contributed by atoms with Crippen LogP contribution in [0.1, 0.15) is 159 Å². The lowest BCUT2D eigenvalue weighted by Crippen LogP contribution is -2.59. The number of anilines is 1. The first-order chi connectivity index (χ1) is 71.3. The highest BCUT2D eigenvalue weighted by Crippen LogP contribution is 2.45. The van der Waals surface area contributed by atoms with Gasteiger partial charge in [0.2, 0.25) is 0 Å². The predicted octanol–water partition coefficient (Wildman–Crippen LogP) is 15.1. The van der Waals surface area contributed by atoms with E-state index in [1.807, 2.05) is 144 Å². The third kappa shape index (κ3) is 30.8. The fourth-order valence-electron chi connectivity index (χ4n) is 19.8. The van der Waals surface area contributed by atoms with Gasteiger partial charge in [0.25, 0.3) is 0 Å². The van der Waals surface area contributed by atoms with Gasteiger partial charge < -0.3 is 128 Å². The minimum atomic E-state index is -1.41. The van der Waals surface area contributed by atoms with Gasteiger partial charge in [0, 0.05) is 140 Å². The van der Waals surface area contributed by atoms with E-state index in [4.69, 9.17) is 51.8 Å². The molecule has 0 bridgehead atoms. The van der Waals surface area contributed by atoms with Crippen molar-refractivity contribution in [1.82, 2.24) is 34.1 Å². The number of hydrogen-bond acceptors (Lipinski definition) is 25. The first-order valence-corrected chi connectivity index (χ1v) is 52.4. The second kappa shape index (κ2) is 55.2. The molecule has 37 heteroatoms. The molecule has 0 radical (unpaired) electrons. The predicted molar refractivity (Wildman–Crippen MR) is 547 cm³/mol. The van der Waals surface area contributed by atoms with Crippen LogP contribution in [0.25, 0.3) is 32.7 Å². The number of H-pyrrole nitrogens is 2. The first-order valence-electron chi connectivity index (χ1n) is 51.0. The Morgan fingerprint density at radius 1 is 0.415 bits per heavy atom. The molecule has 796 valence electrons. The quantitative estimate of drug-likeness (QED) is 0.0104. The van der Waals surface area contributed by atoms with Crippen molar-refractivity contribution in [2.45, 2.75) is 267 Å².